The highest BCUT2D eigenvalue weighted by Gasteiger charge is 2.23. The summed E-state index contributed by atoms with van der Waals surface area (Å²) < 4.78 is 5.59. The smallest absolute Gasteiger partial charge is 0.316 e. The van der Waals surface area contributed by atoms with E-state index < -0.39 is 0 Å². The van der Waals surface area contributed by atoms with E-state index in [0.717, 1.165) is 13.0 Å². The molecule has 1 amide bonds. The van der Waals surface area contributed by atoms with Gasteiger partial charge in [-0.3, -0.25) is 4.79 Å². The number of rotatable bonds is 1. The van der Waals surface area contributed by atoms with E-state index in [1.54, 1.807) is 4.90 Å². The fraction of sp³-hybridized carbons (Fsp3) is 0.889. The van der Waals surface area contributed by atoms with Crippen LogP contribution in [-0.4, -0.2) is 36.1 Å². The van der Waals surface area contributed by atoms with Crippen molar-refractivity contribution in [1.82, 2.24) is 4.90 Å². The standard InChI is InChI=1S/C9H16ClNO2/c1-7(2)8-6-11(9(10)12)4-3-5-13-8/h7-8H,3-6H2,1-2H3. The summed E-state index contributed by atoms with van der Waals surface area (Å²) in [4.78, 5) is 12.6. The van der Waals surface area contributed by atoms with Gasteiger partial charge < -0.3 is 9.64 Å². The number of halogens is 1. The SMILES string of the molecule is CC(C)C1CN(C(=O)Cl)CCCO1. The molecule has 0 N–H and O–H groups in total. The van der Waals surface area contributed by atoms with Gasteiger partial charge in [0.2, 0.25) is 0 Å². The minimum atomic E-state index is -0.365. The number of hydrogen-bond acceptors (Lipinski definition) is 2. The third-order valence-corrected chi connectivity index (χ3v) is 2.54. The molecule has 13 heavy (non-hydrogen) atoms. The Balaban J connectivity index is 2.54. The lowest BCUT2D eigenvalue weighted by Crippen LogP contribution is -2.36. The second-order valence-corrected chi connectivity index (χ2v) is 4.03. The Hall–Kier alpha value is -0.280. The molecule has 3 nitrogen and oxygen atoms in total. The average Bonchev–Trinajstić information content (AvgIpc) is 2.28. The Labute approximate surface area is 84.0 Å². The van der Waals surface area contributed by atoms with Crippen molar-refractivity contribution in [3.8, 4) is 0 Å². The predicted molar refractivity (Wildman–Crippen MR) is 52.0 cm³/mol. The fourth-order valence-electron chi connectivity index (χ4n) is 1.41. The summed E-state index contributed by atoms with van der Waals surface area (Å²) in [6.07, 6.45) is 1.01. The normalized spacial score (nSPS) is 24.6. The summed E-state index contributed by atoms with van der Waals surface area (Å²) >= 11 is 5.43. The van der Waals surface area contributed by atoms with Gasteiger partial charge in [-0.2, -0.15) is 0 Å². The van der Waals surface area contributed by atoms with Crippen LogP contribution in [0.1, 0.15) is 20.3 Å². The van der Waals surface area contributed by atoms with E-state index in [4.69, 9.17) is 16.3 Å². The summed E-state index contributed by atoms with van der Waals surface area (Å²) in [5.74, 6) is 0.427. The maximum absolute atomic E-state index is 11.0. The highest BCUT2D eigenvalue weighted by Crippen LogP contribution is 2.14. The molecule has 0 aromatic heterocycles. The molecule has 0 bridgehead atoms. The minimum Gasteiger partial charge on any atom is -0.376 e. The Bertz CT molecular complexity index is 184. The van der Waals surface area contributed by atoms with Gasteiger partial charge in [0.15, 0.2) is 0 Å². The van der Waals surface area contributed by atoms with Crippen LogP contribution >= 0.6 is 11.6 Å². The van der Waals surface area contributed by atoms with Crippen molar-refractivity contribution in [3.63, 3.8) is 0 Å². The van der Waals surface area contributed by atoms with Crippen molar-refractivity contribution < 1.29 is 9.53 Å². The van der Waals surface area contributed by atoms with Crippen molar-refractivity contribution in [2.24, 2.45) is 5.92 Å². The zero-order chi connectivity index (χ0) is 9.84. The summed E-state index contributed by atoms with van der Waals surface area (Å²) in [6.45, 7) is 6.24. The first-order valence-corrected chi connectivity index (χ1v) is 5.05. The van der Waals surface area contributed by atoms with Crippen LogP contribution in [0.5, 0.6) is 0 Å². The molecule has 1 atom stereocenters. The molecule has 1 saturated heterocycles. The van der Waals surface area contributed by atoms with Gasteiger partial charge in [-0.15, -0.1) is 0 Å². The molecular formula is C9H16ClNO2. The fourth-order valence-corrected chi connectivity index (χ4v) is 1.57. The molecule has 1 heterocycles. The number of amides is 1. The van der Waals surface area contributed by atoms with Crippen LogP contribution in [0.2, 0.25) is 0 Å². The maximum Gasteiger partial charge on any atom is 0.316 e. The lowest BCUT2D eigenvalue weighted by molar-refractivity contribution is 0.0277. The predicted octanol–water partition coefficient (Wildman–Crippen LogP) is 2.09. The van der Waals surface area contributed by atoms with E-state index >= 15 is 0 Å². The van der Waals surface area contributed by atoms with Gasteiger partial charge in [-0.25, -0.2) is 0 Å². The van der Waals surface area contributed by atoms with E-state index in [1.165, 1.54) is 0 Å². The quantitative estimate of drug-likeness (QED) is 0.485. The highest BCUT2D eigenvalue weighted by atomic mass is 35.5. The minimum absolute atomic E-state index is 0.130. The molecule has 1 fully saturated rings. The molecule has 0 saturated carbocycles. The van der Waals surface area contributed by atoms with E-state index in [9.17, 15) is 4.79 Å². The lowest BCUT2D eigenvalue weighted by Gasteiger charge is -2.23. The zero-order valence-corrected chi connectivity index (χ0v) is 8.88. The van der Waals surface area contributed by atoms with E-state index in [2.05, 4.69) is 13.8 Å². The molecule has 0 aromatic carbocycles. The first-order chi connectivity index (χ1) is 6.11. The zero-order valence-electron chi connectivity index (χ0n) is 8.12. The van der Waals surface area contributed by atoms with E-state index in [-0.39, 0.29) is 11.5 Å². The van der Waals surface area contributed by atoms with Gasteiger partial charge in [0.25, 0.3) is 0 Å². The Morgan fingerprint density at radius 2 is 2.31 bits per heavy atom. The van der Waals surface area contributed by atoms with Gasteiger partial charge >= 0.3 is 5.37 Å². The van der Waals surface area contributed by atoms with Crippen molar-refractivity contribution in [2.75, 3.05) is 19.7 Å². The number of carbonyl (C=O) groups is 1. The van der Waals surface area contributed by atoms with Crippen molar-refractivity contribution in [1.29, 1.82) is 0 Å². The molecule has 1 unspecified atom stereocenters. The van der Waals surface area contributed by atoms with Crippen molar-refractivity contribution in [2.45, 2.75) is 26.4 Å². The lowest BCUT2D eigenvalue weighted by atomic mass is 10.1. The topological polar surface area (TPSA) is 29.5 Å². The molecule has 0 radical (unpaired) electrons. The van der Waals surface area contributed by atoms with Crippen molar-refractivity contribution in [3.05, 3.63) is 0 Å². The maximum atomic E-state index is 11.0. The Kier molecular flexibility index (Phi) is 4.00. The number of carbonyl (C=O) groups excluding carboxylic acids is 1. The number of ether oxygens (including phenoxy) is 1. The monoisotopic (exact) mass is 205 g/mol. The van der Waals surface area contributed by atoms with E-state index in [1.807, 2.05) is 0 Å². The van der Waals surface area contributed by atoms with E-state index in [0.29, 0.717) is 19.0 Å². The Morgan fingerprint density at radius 1 is 1.62 bits per heavy atom. The first kappa shape index (κ1) is 10.8. The van der Waals surface area contributed by atoms with Crippen LogP contribution < -0.4 is 0 Å². The third-order valence-electron chi connectivity index (χ3n) is 2.30. The van der Waals surface area contributed by atoms with Crippen LogP contribution in [0.3, 0.4) is 0 Å². The highest BCUT2D eigenvalue weighted by molar-refractivity contribution is 6.62. The molecule has 0 aliphatic carbocycles. The van der Waals surface area contributed by atoms with Gasteiger partial charge in [-0.1, -0.05) is 13.8 Å². The van der Waals surface area contributed by atoms with Crippen LogP contribution in [0.25, 0.3) is 0 Å². The van der Waals surface area contributed by atoms with Crippen LogP contribution in [-0.2, 0) is 4.74 Å². The average molecular weight is 206 g/mol. The number of nitrogens with zero attached hydrogens (tertiary/aromatic N) is 1. The van der Waals surface area contributed by atoms with Gasteiger partial charge in [0, 0.05) is 19.7 Å². The third kappa shape index (κ3) is 3.16. The molecule has 76 valence electrons. The second-order valence-electron chi connectivity index (χ2n) is 3.71. The summed E-state index contributed by atoms with van der Waals surface area (Å²) in [7, 11) is 0. The molecule has 1 rings (SSSR count). The molecule has 0 spiro atoms. The first-order valence-electron chi connectivity index (χ1n) is 4.67. The van der Waals surface area contributed by atoms with Crippen LogP contribution in [0, 0.1) is 5.92 Å². The van der Waals surface area contributed by atoms with Gasteiger partial charge in [-0.05, 0) is 23.9 Å². The van der Waals surface area contributed by atoms with Gasteiger partial charge in [0.05, 0.1) is 6.10 Å². The summed E-state index contributed by atoms with van der Waals surface area (Å²) in [6, 6.07) is 0. The second kappa shape index (κ2) is 4.82. The van der Waals surface area contributed by atoms with Crippen molar-refractivity contribution >= 4 is 17.0 Å². The molecule has 4 heteroatoms. The summed E-state index contributed by atoms with van der Waals surface area (Å²) in [5, 5.41) is -0.365. The largest absolute Gasteiger partial charge is 0.376 e. The molecule has 0 aromatic rings. The molecule has 1 aliphatic heterocycles. The van der Waals surface area contributed by atoms with Crippen LogP contribution in [0.4, 0.5) is 4.79 Å². The summed E-state index contributed by atoms with van der Waals surface area (Å²) in [5.41, 5.74) is 0. The van der Waals surface area contributed by atoms with Gasteiger partial charge in [0.1, 0.15) is 0 Å². The van der Waals surface area contributed by atoms with Crippen LogP contribution in [0.15, 0.2) is 0 Å². The Morgan fingerprint density at radius 3 is 2.85 bits per heavy atom. The number of hydrogen-bond donors (Lipinski definition) is 0. The molecule has 1 aliphatic rings. The molecular weight excluding hydrogens is 190 g/mol.